The summed E-state index contributed by atoms with van der Waals surface area (Å²) in [6, 6.07) is -0.515. The Bertz CT molecular complexity index is 360. The highest BCUT2D eigenvalue weighted by Gasteiger charge is 2.29. The van der Waals surface area contributed by atoms with Gasteiger partial charge in [-0.2, -0.15) is 5.06 Å². The van der Waals surface area contributed by atoms with Gasteiger partial charge in [0.15, 0.2) is 0 Å². The third kappa shape index (κ3) is 5.43. The molecule has 1 fully saturated rings. The maximum atomic E-state index is 11.9. The summed E-state index contributed by atoms with van der Waals surface area (Å²) in [4.78, 5) is 40.3. The molecule has 0 spiro atoms. The standard InChI is InChI=1S/C12H20N2O6/c1-10(16)20-14-6-4-5-13(12(14)18)9-11(17)19-8-3-2-7-15/h15H,2-9H2,1H3. The van der Waals surface area contributed by atoms with Crippen LogP contribution in [0.25, 0.3) is 0 Å². The summed E-state index contributed by atoms with van der Waals surface area (Å²) in [6.07, 6.45) is 1.75. The number of hydroxylamine groups is 2. The average Bonchev–Trinajstić information content (AvgIpc) is 2.39. The van der Waals surface area contributed by atoms with Crippen molar-refractivity contribution in [2.45, 2.75) is 26.2 Å². The van der Waals surface area contributed by atoms with Gasteiger partial charge in [-0.3, -0.25) is 9.59 Å². The third-order valence-corrected chi connectivity index (χ3v) is 2.65. The Kier molecular flexibility index (Phi) is 6.78. The first-order chi connectivity index (χ1) is 9.54. The van der Waals surface area contributed by atoms with E-state index in [9.17, 15) is 14.4 Å². The Morgan fingerprint density at radius 3 is 2.70 bits per heavy atom. The van der Waals surface area contributed by atoms with Crippen LogP contribution in [0.15, 0.2) is 0 Å². The van der Waals surface area contributed by atoms with E-state index in [-0.39, 0.29) is 19.8 Å². The van der Waals surface area contributed by atoms with Crippen LogP contribution in [0, 0.1) is 0 Å². The molecule has 1 N–H and O–H groups in total. The second kappa shape index (κ2) is 8.36. The van der Waals surface area contributed by atoms with Crippen molar-refractivity contribution in [1.29, 1.82) is 0 Å². The van der Waals surface area contributed by atoms with Crippen LogP contribution in [0.4, 0.5) is 4.79 Å². The summed E-state index contributed by atoms with van der Waals surface area (Å²) >= 11 is 0. The number of rotatable bonds is 7. The van der Waals surface area contributed by atoms with Crippen LogP contribution < -0.4 is 0 Å². The molecule has 0 aromatic heterocycles. The number of aliphatic hydroxyl groups excluding tert-OH is 1. The molecule has 20 heavy (non-hydrogen) atoms. The van der Waals surface area contributed by atoms with Crippen molar-refractivity contribution in [2.75, 3.05) is 32.8 Å². The Morgan fingerprint density at radius 1 is 1.30 bits per heavy atom. The van der Waals surface area contributed by atoms with Gasteiger partial charge in [-0.15, -0.1) is 0 Å². The van der Waals surface area contributed by atoms with Crippen molar-refractivity contribution in [3.63, 3.8) is 0 Å². The third-order valence-electron chi connectivity index (χ3n) is 2.65. The van der Waals surface area contributed by atoms with E-state index in [4.69, 9.17) is 14.7 Å². The number of amides is 2. The first-order valence-electron chi connectivity index (χ1n) is 6.56. The number of urea groups is 1. The largest absolute Gasteiger partial charge is 0.464 e. The molecule has 0 aromatic rings. The summed E-state index contributed by atoms with van der Waals surface area (Å²) in [6.45, 7) is 2.05. The van der Waals surface area contributed by atoms with Crippen molar-refractivity contribution in [2.24, 2.45) is 0 Å². The van der Waals surface area contributed by atoms with Crippen molar-refractivity contribution >= 4 is 18.0 Å². The van der Waals surface area contributed by atoms with Gasteiger partial charge in [0.05, 0.1) is 13.2 Å². The van der Waals surface area contributed by atoms with E-state index in [0.29, 0.717) is 32.4 Å². The van der Waals surface area contributed by atoms with Crippen LogP contribution in [-0.4, -0.2) is 65.9 Å². The molecule has 0 aliphatic carbocycles. The summed E-state index contributed by atoms with van der Waals surface area (Å²) in [5.41, 5.74) is 0. The fraction of sp³-hybridized carbons (Fsp3) is 0.750. The molecule has 1 aliphatic rings. The molecule has 0 bridgehead atoms. The van der Waals surface area contributed by atoms with Crippen molar-refractivity contribution < 1.29 is 29.1 Å². The molecule has 1 saturated heterocycles. The van der Waals surface area contributed by atoms with E-state index in [1.165, 1.54) is 11.8 Å². The van der Waals surface area contributed by atoms with Crippen molar-refractivity contribution in [1.82, 2.24) is 9.96 Å². The maximum absolute atomic E-state index is 11.9. The number of carbonyl (C=O) groups excluding carboxylic acids is 3. The van der Waals surface area contributed by atoms with E-state index in [1.54, 1.807) is 0 Å². The predicted octanol–water partition coefficient (Wildman–Crippen LogP) is -0.0921. The number of hydrogen-bond donors (Lipinski definition) is 1. The molecule has 0 atom stereocenters. The molecule has 8 heteroatoms. The van der Waals surface area contributed by atoms with E-state index < -0.39 is 18.0 Å². The molecule has 1 heterocycles. The number of hydrogen-bond acceptors (Lipinski definition) is 6. The van der Waals surface area contributed by atoms with E-state index in [0.717, 1.165) is 5.06 Å². The molecule has 0 saturated carbocycles. The second-order valence-corrected chi connectivity index (χ2v) is 4.39. The molecule has 0 aromatic carbocycles. The van der Waals surface area contributed by atoms with Gasteiger partial charge in [0.25, 0.3) is 0 Å². The lowest BCUT2D eigenvalue weighted by atomic mass is 10.3. The highest BCUT2D eigenvalue weighted by molar-refractivity contribution is 5.81. The first kappa shape index (κ1) is 16.2. The molecular weight excluding hydrogens is 268 g/mol. The van der Waals surface area contributed by atoms with Crippen LogP contribution in [0.1, 0.15) is 26.2 Å². The molecule has 2 amide bonds. The lowest BCUT2D eigenvalue weighted by molar-refractivity contribution is -0.179. The Balaban J connectivity index is 2.36. The first-order valence-corrected chi connectivity index (χ1v) is 6.56. The molecule has 1 aliphatic heterocycles. The summed E-state index contributed by atoms with van der Waals surface area (Å²) < 4.78 is 4.94. The number of unbranched alkanes of at least 4 members (excludes halogenated alkanes) is 1. The van der Waals surface area contributed by atoms with E-state index in [2.05, 4.69) is 0 Å². The molecule has 1 rings (SSSR count). The van der Waals surface area contributed by atoms with Crippen LogP contribution in [0.5, 0.6) is 0 Å². The fourth-order valence-electron chi connectivity index (χ4n) is 1.74. The minimum absolute atomic E-state index is 0.0551. The molecule has 114 valence electrons. The van der Waals surface area contributed by atoms with E-state index >= 15 is 0 Å². The number of carbonyl (C=O) groups is 3. The highest BCUT2D eigenvalue weighted by Crippen LogP contribution is 2.10. The maximum Gasteiger partial charge on any atom is 0.353 e. The van der Waals surface area contributed by atoms with Gasteiger partial charge in [-0.05, 0) is 19.3 Å². The normalized spacial score (nSPS) is 15.2. The van der Waals surface area contributed by atoms with Gasteiger partial charge in [0.2, 0.25) is 0 Å². The average molecular weight is 288 g/mol. The fourth-order valence-corrected chi connectivity index (χ4v) is 1.74. The highest BCUT2D eigenvalue weighted by atomic mass is 16.7. The van der Waals surface area contributed by atoms with Gasteiger partial charge in [-0.1, -0.05) is 0 Å². The zero-order valence-corrected chi connectivity index (χ0v) is 11.5. The zero-order chi connectivity index (χ0) is 15.0. The van der Waals surface area contributed by atoms with Gasteiger partial charge >= 0.3 is 18.0 Å². The van der Waals surface area contributed by atoms with Crippen LogP contribution in [0.3, 0.4) is 0 Å². The number of aliphatic hydroxyl groups is 1. The van der Waals surface area contributed by atoms with Crippen LogP contribution in [0.2, 0.25) is 0 Å². The number of esters is 1. The Labute approximate surface area is 117 Å². The molecule has 0 unspecified atom stereocenters. The molecular formula is C12H20N2O6. The van der Waals surface area contributed by atoms with Crippen LogP contribution >= 0.6 is 0 Å². The van der Waals surface area contributed by atoms with Gasteiger partial charge in [-0.25, -0.2) is 4.79 Å². The lowest BCUT2D eigenvalue weighted by Crippen LogP contribution is -2.51. The molecule has 0 radical (unpaired) electrons. The quantitative estimate of drug-likeness (QED) is 0.519. The summed E-state index contributed by atoms with van der Waals surface area (Å²) in [7, 11) is 0. The SMILES string of the molecule is CC(=O)ON1CCCN(CC(=O)OCCCCO)C1=O. The van der Waals surface area contributed by atoms with Crippen LogP contribution in [-0.2, 0) is 19.2 Å². The monoisotopic (exact) mass is 288 g/mol. The van der Waals surface area contributed by atoms with Crippen molar-refractivity contribution in [3.8, 4) is 0 Å². The smallest absolute Gasteiger partial charge is 0.353 e. The number of ether oxygens (including phenoxy) is 1. The van der Waals surface area contributed by atoms with Gasteiger partial charge in [0.1, 0.15) is 6.54 Å². The van der Waals surface area contributed by atoms with Gasteiger partial charge < -0.3 is 19.6 Å². The summed E-state index contributed by atoms with van der Waals surface area (Å²) in [5, 5.41) is 9.54. The van der Waals surface area contributed by atoms with E-state index in [1.807, 2.05) is 0 Å². The Morgan fingerprint density at radius 2 is 2.05 bits per heavy atom. The minimum atomic E-state index is -0.577. The van der Waals surface area contributed by atoms with Crippen molar-refractivity contribution in [3.05, 3.63) is 0 Å². The second-order valence-electron chi connectivity index (χ2n) is 4.39. The lowest BCUT2D eigenvalue weighted by Gasteiger charge is -2.32. The topological polar surface area (TPSA) is 96.4 Å². The Hall–Kier alpha value is -1.83. The van der Waals surface area contributed by atoms with Gasteiger partial charge in [0, 0.05) is 20.1 Å². The summed E-state index contributed by atoms with van der Waals surface area (Å²) in [5.74, 6) is -1.09. The minimum Gasteiger partial charge on any atom is -0.464 e. The zero-order valence-electron chi connectivity index (χ0n) is 11.5. The molecule has 8 nitrogen and oxygen atoms in total. The predicted molar refractivity (Wildman–Crippen MR) is 67.3 cm³/mol. The number of nitrogens with zero attached hydrogens (tertiary/aromatic N) is 2.